The van der Waals surface area contributed by atoms with Crippen molar-refractivity contribution in [2.45, 2.75) is 32.6 Å². The Morgan fingerprint density at radius 3 is 2.89 bits per heavy atom. The summed E-state index contributed by atoms with van der Waals surface area (Å²) in [5.41, 5.74) is 1.41. The van der Waals surface area contributed by atoms with E-state index in [1.165, 1.54) is 25.6 Å². The van der Waals surface area contributed by atoms with E-state index in [1.54, 1.807) is 6.20 Å². The van der Waals surface area contributed by atoms with Gasteiger partial charge < -0.3 is 10.2 Å². The largest absolute Gasteiger partial charge is 0.351 e. The molecule has 1 aromatic heterocycles. The number of carbonyl (C=O) groups is 1. The van der Waals surface area contributed by atoms with Gasteiger partial charge in [0.1, 0.15) is 6.33 Å². The maximum Gasteiger partial charge on any atom is 0.254 e. The van der Waals surface area contributed by atoms with Gasteiger partial charge >= 0.3 is 0 Å². The number of aromatic nitrogens is 2. The molecule has 1 aliphatic heterocycles. The maximum absolute atomic E-state index is 12.1. The highest BCUT2D eigenvalue weighted by atomic mass is 16.1. The van der Waals surface area contributed by atoms with Crippen molar-refractivity contribution in [3.63, 3.8) is 0 Å². The molecule has 5 heteroatoms. The van der Waals surface area contributed by atoms with Gasteiger partial charge in [-0.2, -0.15) is 0 Å². The van der Waals surface area contributed by atoms with Gasteiger partial charge in [0.05, 0.1) is 11.3 Å². The van der Waals surface area contributed by atoms with Crippen molar-refractivity contribution in [1.82, 2.24) is 20.2 Å². The summed E-state index contributed by atoms with van der Waals surface area (Å²) in [6.07, 6.45) is 7.73. The Bertz CT molecular complexity index is 416. The lowest BCUT2D eigenvalue weighted by atomic mass is 10.1. The molecule has 104 valence electrons. The highest BCUT2D eigenvalue weighted by Gasteiger charge is 2.13. The van der Waals surface area contributed by atoms with Crippen LogP contribution >= 0.6 is 0 Å². The second kappa shape index (κ2) is 7.19. The molecule has 19 heavy (non-hydrogen) atoms. The van der Waals surface area contributed by atoms with E-state index in [0.717, 1.165) is 31.7 Å². The van der Waals surface area contributed by atoms with Crippen LogP contribution in [-0.2, 0) is 6.42 Å². The van der Waals surface area contributed by atoms with E-state index in [2.05, 4.69) is 20.2 Å². The van der Waals surface area contributed by atoms with Crippen LogP contribution in [0.15, 0.2) is 12.5 Å². The molecule has 1 aromatic rings. The first kappa shape index (κ1) is 13.9. The Morgan fingerprint density at radius 2 is 2.16 bits per heavy atom. The monoisotopic (exact) mass is 262 g/mol. The van der Waals surface area contributed by atoms with E-state index >= 15 is 0 Å². The van der Waals surface area contributed by atoms with Crippen molar-refractivity contribution in [1.29, 1.82) is 0 Å². The lowest BCUT2D eigenvalue weighted by Crippen LogP contribution is -2.37. The molecular formula is C14H22N4O. The second-order valence-corrected chi connectivity index (χ2v) is 4.89. The molecule has 1 saturated heterocycles. The average Bonchev–Trinajstić information content (AvgIpc) is 2.48. The Morgan fingerprint density at radius 1 is 1.37 bits per heavy atom. The summed E-state index contributed by atoms with van der Waals surface area (Å²) in [5, 5.41) is 2.96. The third-order valence-corrected chi connectivity index (χ3v) is 3.54. The average molecular weight is 262 g/mol. The number of nitrogens with zero attached hydrogens (tertiary/aromatic N) is 3. The van der Waals surface area contributed by atoms with Gasteiger partial charge in [-0.1, -0.05) is 13.3 Å². The van der Waals surface area contributed by atoms with Gasteiger partial charge in [0.25, 0.3) is 5.91 Å². The van der Waals surface area contributed by atoms with Crippen LogP contribution in [0.4, 0.5) is 0 Å². The fourth-order valence-corrected chi connectivity index (χ4v) is 2.43. The fraction of sp³-hybridized carbons (Fsp3) is 0.643. The second-order valence-electron chi connectivity index (χ2n) is 4.89. The Hall–Kier alpha value is -1.49. The summed E-state index contributed by atoms with van der Waals surface area (Å²) in [4.78, 5) is 22.5. The minimum atomic E-state index is -0.0607. The van der Waals surface area contributed by atoms with E-state index in [9.17, 15) is 4.79 Å². The molecule has 2 rings (SSSR count). The van der Waals surface area contributed by atoms with Crippen LogP contribution in [-0.4, -0.2) is 47.0 Å². The van der Waals surface area contributed by atoms with Crippen molar-refractivity contribution < 1.29 is 4.79 Å². The minimum Gasteiger partial charge on any atom is -0.351 e. The highest BCUT2D eigenvalue weighted by molar-refractivity contribution is 5.94. The third kappa shape index (κ3) is 3.99. The number of rotatable bonds is 5. The molecule has 0 unspecified atom stereocenters. The number of piperidine rings is 1. The van der Waals surface area contributed by atoms with Crippen molar-refractivity contribution in [2.75, 3.05) is 26.2 Å². The zero-order chi connectivity index (χ0) is 13.5. The SMILES string of the molecule is CCc1ncncc1C(=O)NCCN1CCCCC1. The Kier molecular flexibility index (Phi) is 5.27. The van der Waals surface area contributed by atoms with Crippen molar-refractivity contribution in [3.05, 3.63) is 23.8 Å². The first-order chi connectivity index (χ1) is 9.31. The molecule has 2 heterocycles. The van der Waals surface area contributed by atoms with E-state index in [0.29, 0.717) is 12.1 Å². The lowest BCUT2D eigenvalue weighted by Gasteiger charge is -2.26. The van der Waals surface area contributed by atoms with Crippen molar-refractivity contribution in [2.24, 2.45) is 0 Å². The molecule has 1 aliphatic rings. The Labute approximate surface area is 114 Å². The van der Waals surface area contributed by atoms with Crippen LogP contribution in [0, 0.1) is 0 Å². The lowest BCUT2D eigenvalue weighted by molar-refractivity contribution is 0.0945. The minimum absolute atomic E-state index is 0.0607. The quantitative estimate of drug-likeness (QED) is 0.868. The molecule has 5 nitrogen and oxygen atoms in total. The predicted octanol–water partition coefficient (Wildman–Crippen LogP) is 1.25. The van der Waals surface area contributed by atoms with Crippen LogP contribution in [0.2, 0.25) is 0 Å². The zero-order valence-corrected chi connectivity index (χ0v) is 11.6. The molecule has 0 aliphatic carbocycles. The number of nitrogens with one attached hydrogen (secondary N) is 1. The molecule has 0 spiro atoms. The molecule has 0 saturated carbocycles. The first-order valence-electron chi connectivity index (χ1n) is 7.10. The van der Waals surface area contributed by atoms with Crippen LogP contribution in [0.5, 0.6) is 0 Å². The maximum atomic E-state index is 12.1. The van der Waals surface area contributed by atoms with Gasteiger partial charge in [-0.25, -0.2) is 9.97 Å². The number of hydrogen-bond donors (Lipinski definition) is 1. The van der Waals surface area contributed by atoms with Gasteiger partial charge in [-0.15, -0.1) is 0 Å². The van der Waals surface area contributed by atoms with E-state index < -0.39 is 0 Å². The summed E-state index contributed by atoms with van der Waals surface area (Å²) >= 11 is 0. The predicted molar refractivity (Wildman–Crippen MR) is 74.0 cm³/mol. The van der Waals surface area contributed by atoms with Gasteiger partial charge in [0.15, 0.2) is 0 Å². The summed E-state index contributed by atoms with van der Waals surface area (Å²) in [5.74, 6) is -0.0607. The normalized spacial score (nSPS) is 16.3. The smallest absolute Gasteiger partial charge is 0.254 e. The summed E-state index contributed by atoms with van der Waals surface area (Å²) in [6.45, 7) is 5.93. The van der Waals surface area contributed by atoms with Gasteiger partial charge in [-0.05, 0) is 32.4 Å². The molecule has 1 amide bonds. The molecule has 1 fully saturated rings. The van der Waals surface area contributed by atoms with E-state index in [4.69, 9.17) is 0 Å². The topological polar surface area (TPSA) is 58.1 Å². The number of carbonyl (C=O) groups excluding carboxylic acids is 1. The Balaban J connectivity index is 1.80. The number of amides is 1. The molecule has 0 aromatic carbocycles. The number of hydrogen-bond acceptors (Lipinski definition) is 4. The molecule has 0 atom stereocenters. The van der Waals surface area contributed by atoms with E-state index in [-0.39, 0.29) is 5.91 Å². The van der Waals surface area contributed by atoms with Crippen molar-refractivity contribution in [3.8, 4) is 0 Å². The summed E-state index contributed by atoms with van der Waals surface area (Å²) in [6, 6.07) is 0. The van der Waals surface area contributed by atoms with E-state index in [1.807, 2.05) is 6.92 Å². The van der Waals surface area contributed by atoms with Crippen LogP contribution in [0.1, 0.15) is 42.2 Å². The van der Waals surface area contributed by atoms with Gasteiger partial charge in [0, 0.05) is 19.3 Å². The first-order valence-corrected chi connectivity index (χ1v) is 7.10. The highest BCUT2D eigenvalue weighted by Crippen LogP contribution is 2.07. The van der Waals surface area contributed by atoms with Gasteiger partial charge in [-0.3, -0.25) is 4.79 Å². The van der Waals surface area contributed by atoms with Gasteiger partial charge in [0.2, 0.25) is 0 Å². The molecule has 0 radical (unpaired) electrons. The molecule has 0 bridgehead atoms. The summed E-state index contributed by atoms with van der Waals surface area (Å²) < 4.78 is 0. The zero-order valence-electron chi connectivity index (χ0n) is 11.6. The fourth-order valence-electron chi connectivity index (χ4n) is 2.43. The standard InChI is InChI=1S/C14H22N4O/c1-2-13-12(10-15-11-17-13)14(19)16-6-9-18-7-4-3-5-8-18/h10-11H,2-9H2,1H3,(H,16,19). The number of likely N-dealkylation sites (tertiary alicyclic amines) is 1. The molecule has 1 N–H and O–H groups in total. The molecular weight excluding hydrogens is 240 g/mol. The third-order valence-electron chi connectivity index (χ3n) is 3.54. The van der Waals surface area contributed by atoms with Crippen LogP contribution in [0.3, 0.4) is 0 Å². The number of aryl methyl sites for hydroxylation is 1. The van der Waals surface area contributed by atoms with Crippen molar-refractivity contribution >= 4 is 5.91 Å². The summed E-state index contributed by atoms with van der Waals surface area (Å²) in [7, 11) is 0. The van der Waals surface area contributed by atoms with Crippen LogP contribution < -0.4 is 5.32 Å². The van der Waals surface area contributed by atoms with Crippen LogP contribution in [0.25, 0.3) is 0 Å².